The first-order valence-electron chi connectivity index (χ1n) is 16.5. The second-order valence-corrected chi connectivity index (χ2v) is 12.6. The highest BCUT2D eigenvalue weighted by atomic mass is 35.5. The van der Waals surface area contributed by atoms with Gasteiger partial charge in [-0.15, -0.1) is 0 Å². The molecular formula is C45H28ClN3O. The van der Waals surface area contributed by atoms with Gasteiger partial charge >= 0.3 is 0 Å². The lowest BCUT2D eigenvalue weighted by molar-refractivity contribution is 0.669. The summed E-state index contributed by atoms with van der Waals surface area (Å²) in [4.78, 5) is 15.4. The maximum Gasteiger partial charge on any atom is 0.164 e. The Labute approximate surface area is 294 Å². The van der Waals surface area contributed by atoms with Crippen molar-refractivity contribution in [1.82, 2.24) is 15.0 Å². The highest BCUT2D eigenvalue weighted by Crippen LogP contribution is 2.41. The van der Waals surface area contributed by atoms with Crippen LogP contribution in [0.15, 0.2) is 174 Å². The molecule has 0 aliphatic carbocycles. The van der Waals surface area contributed by atoms with Crippen molar-refractivity contribution in [2.45, 2.75) is 0 Å². The summed E-state index contributed by atoms with van der Waals surface area (Å²) in [6, 6.07) is 57.6. The fraction of sp³-hybridized carbons (Fsp3) is 0. The molecule has 0 atom stereocenters. The molecule has 0 N–H and O–H groups in total. The smallest absolute Gasteiger partial charge is 0.164 e. The van der Waals surface area contributed by atoms with Crippen molar-refractivity contribution in [3.63, 3.8) is 0 Å². The van der Waals surface area contributed by atoms with Crippen LogP contribution in [0.25, 0.3) is 89.5 Å². The number of hydrogen-bond acceptors (Lipinski definition) is 4. The molecule has 0 fully saturated rings. The van der Waals surface area contributed by atoms with Gasteiger partial charge in [0.05, 0.1) is 5.02 Å². The van der Waals surface area contributed by atoms with Crippen molar-refractivity contribution in [3.8, 4) is 67.5 Å². The largest absolute Gasteiger partial charge is 0.456 e. The van der Waals surface area contributed by atoms with E-state index in [0.717, 1.165) is 66.4 Å². The molecule has 0 amide bonds. The number of aromatic nitrogens is 3. The minimum Gasteiger partial charge on any atom is -0.456 e. The zero-order valence-electron chi connectivity index (χ0n) is 26.8. The summed E-state index contributed by atoms with van der Waals surface area (Å²) < 4.78 is 6.39. The van der Waals surface area contributed by atoms with Gasteiger partial charge in [0.25, 0.3) is 0 Å². The molecule has 4 nitrogen and oxygen atoms in total. The Hall–Kier alpha value is -6.36. The zero-order chi connectivity index (χ0) is 33.4. The minimum absolute atomic E-state index is 0.560. The molecule has 2 aromatic heterocycles. The van der Waals surface area contributed by atoms with E-state index in [9.17, 15) is 0 Å². The van der Waals surface area contributed by atoms with Crippen LogP contribution in [-0.2, 0) is 0 Å². The van der Waals surface area contributed by atoms with Crippen LogP contribution in [0.1, 0.15) is 0 Å². The number of fused-ring (bicyclic) bond motifs is 3. The molecule has 0 aliphatic rings. The zero-order valence-corrected chi connectivity index (χ0v) is 27.5. The third-order valence-electron chi connectivity index (χ3n) is 8.98. The Bertz CT molecular complexity index is 2580. The first-order chi connectivity index (χ1) is 24.7. The maximum absolute atomic E-state index is 6.82. The molecule has 0 unspecified atom stereocenters. The lowest BCUT2D eigenvalue weighted by Gasteiger charge is -2.13. The van der Waals surface area contributed by atoms with Crippen molar-refractivity contribution in [3.05, 3.63) is 175 Å². The van der Waals surface area contributed by atoms with E-state index in [-0.39, 0.29) is 0 Å². The van der Waals surface area contributed by atoms with Crippen LogP contribution in [0.2, 0.25) is 5.02 Å². The topological polar surface area (TPSA) is 51.8 Å². The molecule has 2 heterocycles. The molecule has 0 bridgehead atoms. The van der Waals surface area contributed by atoms with Gasteiger partial charge in [-0.3, -0.25) is 0 Å². The number of furan rings is 1. The van der Waals surface area contributed by atoms with Crippen LogP contribution in [0, 0.1) is 0 Å². The number of halogens is 1. The molecule has 7 aromatic carbocycles. The van der Waals surface area contributed by atoms with Crippen LogP contribution in [0.4, 0.5) is 0 Å². The molecule has 50 heavy (non-hydrogen) atoms. The van der Waals surface area contributed by atoms with Gasteiger partial charge in [0, 0.05) is 39.1 Å². The summed E-state index contributed by atoms with van der Waals surface area (Å²) in [6.45, 7) is 0. The molecule has 0 spiro atoms. The van der Waals surface area contributed by atoms with E-state index in [4.69, 9.17) is 31.0 Å². The second kappa shape index (κ2) is 12.6. The Morgan fingerprint density at radius 1 is 0.360 bits per heavy atom. The summed E-state index contributed by atoms with van der Waals surface area (Å²) in [5, 5.41) is 2.50. The molecule has 236 valence electrons. The third-order valence-corrected chi connectivity index (χ3v) is 9.30. The van der Waals surface area contributed by atoms with E-state index in [2.05, 4.69) is 91.0 Å². The Kier molecular flexibility index (Phi) is 7.49. The molecule has 9 aromatic rings. The summed E-state index contributed by atoms with van der Waals surface area (Å²) in [7, 11) is 0. The van der Waals surface area contributed by atoms with Gasteiger partial charge < -0.3 is 4.42 Å². The first kappa shape index (κ1) is 29.8. The van der Waals surface area contributed by atoms with Gasteiger partial charge in [-0.2, -0.15) is 0 Å². The Morgan fingerprint density at radius 2 is 0.860 bits per heavy atom. The minimum atomic E-state index is 0.560. The summed E-state index contributed by atoms with van der Waals surface area (Å²) in [5.74, 6) is 1.74. The van der Waals surface area contributed by atoms with Crippen LogP contribution in [0.3, 0.4) is 0 Å². The first-order valence-corrected chi connectivity index (χ1v) is 16.8. The van der Waals surface area contributed by atoms with Crippen LogP contribution in [-0.4, -0.2) is 15.0 Å². The fourth-order valence-electron chi connectivity index (χ4n) is 6.57. The molecule has 5 heteroatoms. The molecule has 9 rings (SSSR count). The predicted octanol–water partition coefficient (Wildman–Crippen LogP) is 12.4. The van der Waals surface area contributed by atoms with Crippen molar-refractivity contribution >= 4 is 33.5 Å². The number of rotatable bonds is 6. The lowest BCUT2D eigenvalue weighted by Crippen LogP contribution is -2.01. The average Bonchev–Trinajstić information content (AvgIpc) is 3.56. The van der Waals surface area contributed by atoms with E-state index in [1.54, 1.807) is 0 Å². The Morgan fingerprint density at radius 3 is 1.46 bits per heavy atom. The van der Waals surface area contributed by atoms with Crippen molar-refractivity contribution in [2.24, 2.45) is 0 Å². The summed E-state index contributed by atoms with van der Waals surface area (Å²) >= 11 is 6.82. The van der Waals surface area contributed by atoms with Gasteiger partial charge in [0.15, 0.2) is 17.5 Å². The van der Waals surface area contributed by atoms with Gasteiger partial charge in [0.1, 0.15) is 11.2 Å². The standard InChI is InChI=1S/C45H28ClN3O/c46-39-28-41-38(27-37(39)31-18-9-3-10-19-31)42-36(22-13-23-40(42)50-41)45-48-43(32-20-11-4-12-21-32)47-44(49-45)35-25-33(29-14-5-1-6-15-29)24-34(26-35)30-16-7-2-8-17-30/h1-28H. The average molecular weight is 662 g/mol. The third kappa shape index (κ3) is 5.52. The quantitative estimate of drug-likeness (QED) is 0.178. The van der Waals surface area contributed by atoms with E-state index in [0.29, 0.717) is 28.1 Å². The van der Waals surface area contributed by atoms with Gasteiger partial charge in [-0.25, -0.2) is 15.0 Å². The predicted molar refractivity (Wildman–Crippen MR) is 205 cm³/mol. The van der Waals surface area contributed by atoms with Gasteiger partial charge in [-0.05, 0) is 58.1 Å². The molecule has 0 radical (unpaired) electrons. The van der Waals surface area contributed by atoms with Crippen molar-refractivity contribution in [1.29, 1.82) is 0 Å². The highest BCUT2D eigenvalue weighted by Gasteiger charge is 2.20. The molecule has 0 saturated carbocycles. The normalized spacial score (nSPS) is 11.3. The summed E-state index contributed by atoms with van der Waals surface area (Å²) in [5.41, 5.74) is 10.5. The lowest BCUT2D eigenvalue weighted by atomic mass is 9.95. The SMILES string of the molecule is Clc1cc2oc3cccc(-c4nc(-c5ccccc5)nc(-c5cc(-c6ccccc6)cc(-c6ccccc6)c5)n4)c3c2cc1-c1ccccc1. The number of hydrogen-bond donors (Lipinski definition) is 0. The van der Waals surface area contributed by atoms with Crippen molar-refractivity contribution < 1.29 is 4.42 Å². The van der Waals surface area contributed by atoms with Crippen LogP contribution >= 0.6 is 11.6 Å². The molecule has 0 saturated heterocycles. The molecular weight excluding hydrogens is 634 g/mol. The van der Waals surface area contributed by atoms with Gasteiger partial charge in [-0.1, -0.05) is 145 Å². The maximum atomic E-state index is 6.82. The summed E-state index contributed by atoms with van der Waals surface area (Å²) in [6.07, 6.45) is 0. The van der Waals surface area contributed by atoms with E-state index >= 15 is 0 Å². The second-order valence-electron chi connectivity index (χ2n) is 12.2. The van der Waals surface area contributed by atoms with Crippen LogP contribution < -0.4 is 0 Å². The van der Waals surface area contributed by atoms with E-state index in [1.165, 1.54) is 0 Å². The highest BCUT2D eigenvalue weighted by molar-refractivity contribution is 6.34. The van der Waals surface area contributed by atoms with Crippen LogP contribution in [0.5, 0.6) is 0 Å². The Balaban J connectivity index is 1.30. The molecule has 0 aliphatic heterocycles. The monoisotopic (exact) mass is 661 g/mol. The van der Waals surface area contributed by atoms with E-state index < -0.39 is 0 Å². The van der Waals surface area contributed by atoms with E-state index in [1.807, 2.05) is 78.9 Å². The number of benzene rings is 7. The number of nitrogens with zero attached hydrogens (tertiary/aromatic N) is 3. The van der Waals surface area contributed by atoms with Gasteiger partial charge in [0.2, 0.25) is 0 Å². The van der Waals surface area contributed by atoms with Crippen molar-refractivity contribution in [2.75, 3.05) is 0 Å². The fourth-order valence-corrected chi connectivity index (χ4v) is 6.83.